The number of ether oxygens (including phenoxy) is 1. The van der Waals surface area contributed by atoms with Crippen LogP contribution in [0.4, 0.5) is 4.79 Å². The maximum atomic E-state index is 11.7. The van der Waals surface area contributed by atoms with E-state index in [1.165, 1.54) is 4.88 Å². The van der Waals surface area contributed by atoms with Crippen molar-refractivity contribution in [3.05, 3.63) is 21.3 Å². The summed E-state index contributed by atoms with van der Waals surface area (Å²) in [5.74, 6) is 0. The van der Waals surface area contributed by atoms with E-state index >= 15 is 0 Å². The molecule has 19 heavy (non-hydrogen) atoms. The predicted molar refractivity (Wildman–Crippen MR) is 78.0 cm³/mol. The van der Waals surface area contributed by atoms with E-state index in [9.17, 15) is 4.79 Å². The zero-order valence-electron chi connectivity index (χ0n) is 10.9. The molecule has 0 bridgehead atoms. The lowest BCUT2D eigenvalue weighted by molar-refractivity contribution is 0.0860. The second-order valence-corrected chi connectivity index (χ2v) is 6.50. The van der Waals surface area contributed by atoms with Crippen LogP contribution in [-0.4, -0.2) is 31.3 Å². The average molecular weight is 303 g/mol. The van der Waals surface area contributed by atoms with E-state index in [1.54, 1.807) is 11.3 Å². The molecule has 2 heterocycles. The average Bonchev–Trinajstić information content (AvgIpc) is 3.00. The molecule has 0 spiro atoms. The Balaban J connectivity index is 1.64. The molecule has 0 unspecified atom stereocenters. The third-order valence-electron chi connectivity index (χ3n) is 3.17. The number of thiophene rings is 1. The number of halogens is 1. The minimum absolute atomic E-state index is 0.0543. The smallest absolute Gasteiger partial charge is 0.315 e. The SMILES string of the molecule is C[C@H](NC(=O)NCCc1ccc(Cl)s1)[C@@H]1CCCO1. The molecular formula is C13H19ClN2O2S. The highest BCUT2D eigenvalue weighted by molar-refractivity contribution is 7.16. The predicted octanol–water partition coefficient (Wildman–Crippen LogP) is 2.81. The first kappa shape index (κ1) is 14.6. The highest BCUT2D eigenvalue weighted by Crippen LogP contribution is 2.21. The van der Waals surface area contributed by atoms with Gasteiger partial charge in [0, 0.05) is 18.0 Å². The Labute approximate surface area is 122 Å². The van der Waals surface area contributed by atoms with Crippen LogP contribution in [0.25, 0.3) is 0 Å². The maximum Gasteiger partial charge on any atom is 0.315 e. The third kappa shape index (κ3) is 4.67. The monoisotopic (exact) mass is 302 g/mol. The van der Waals surface area contributed by atoms with E-state index in [1.807, 2.05) is 19.1 Å². The van der Waals surface area contributed by atoms with Gasteiger partial charge in [-0.05, 0) is 38.3 Å². The molecule has 0 aliphatic carbocycles. The van der Waals surface area contributed by atoms with Crippen molar-refractivity contribution in [3.8, 4) is 0 Å². The fraction of sp³-hybridized carbons (Fsp3) is 0.615. The summed E-state index contributed by atoms with van der Waals surface area (Å²) in [6, 6.07) is 3.78. The topological polar surface area (TPSA) is 50.4 Å². The fourth-order valence-electron chi connectivity index (χ4n) is 2.13. The Morgan fingerprint density at radius 1 is 1.63 bits per heavy atom. The first-order valence-electron chi connectivity index (χ1n) is 6.55. The van der Waals surface area contributed by atoms with Crippen molar-refractivity contribution in [2.45, 2.75) is 38.3 Å². The van der Waals surface area contributed by atoms with Crippen LogP contribution in [0.5, 0.6) is 0 Å². The van der Waals surface area contributed by atoms with Gasteiger partial charge in [0.15, 0.2) is 0 Å². The van der Waals surface area contributed by atoms with Gasteiger partial charge in [-0.3, -0.25) is 0 Å². The van der Waals surface area contributed by atoms with Gasteiger partial charge in [-0.2, -0.15) is 0 Å². The number of amides is 2. The summed E-state index contributed by atoms with van der Waals surface area (Å²) in [5.41, 5.74) is 0. The van der Waals surface area contributed by atoms with Crippen LogP contribution in [0.15, 0.2) is 12.1 Å². The minimum atomic E-state index is -0.134. The lowest BCUT2D eigenvalue weighted by atomic mass is 10.1. The highest BCUT2D eigenvalue weighted by atomic mass is 35.5. The van der Waals surface area contributed by atoms with Gasteiger partial charge in [-0.15, -0.1) is 11.3 Å². The first-order chi connectivity index (χ1) is 9.15. The van der Waals surface area contributed by atoms with Crippen LogP contribution in [0.2, 0.25) is 4.34 Å². The Morgan fingerprint density at radius 3 is 3.11 bits per heavy atom. The Hall–Kier alpha value is -0.780. The van der Waals surface area contributed by atoms with Crippen LogP contribution in [-0.2, 0) is 11.2 Å². The molecular weight excluding hydrogens is 284 g/mol. The van der Waals surface area contributed by atoms with E-state index in [0.717, 1.165) is 30.2 Å². The van der Waals surface area contributed by atoms with Gasteiger partial charge in [-0.25, -0.2) is 4.79 Å². The second-order valence-electron chi connectivity index (χ2n) is 4.70. The van der Waals surface area contributed by atoms with Gasteiger partial charge in [-0.1, -0.05) is 11.6 Å². The van der Waals surface area contributed by atoms with Crippen molar-refractivity contribution in [3.63, 3.8) is 0 Å². The molecule has 1 aliphatic rings. The van der Waals surface area contributed by atoms with E-state index in [4.69, 9.17) is 16.3 Å². The lowest BCUT2D eigenvalue weighted by Gasteiger charge is -2.20. The summed E-state index contributed by atoms with van der Waals surface area (Å²) < 4.78 is 6.32. The zero-order chi connectivity index (χ0) is 13.7. The van der Waals surface area contributed by atoms with Gasteiger partial charge >= 0.3 is 6.03 Å². The number of rotatable bonds is 5. The largest absolute Gasteiger partial charge is 0.376 e. The molecule has 1 saturated heterocycles. The Morgan fingerprint density at radius 2 is 2.47 bits per heavy atom. The van der Waals surface area contributed by atoms with Crippen molar-refractivity contribution in [1.82, 2.24) is 10.6 Å². The number of carbonyl (C=O) groups is 1. The summed E-state index contributed by atoms with van der Waals surface area (Å²) in [4.78, 5) is 12.9. The van der Waals surface area contributed by atoms with Gasteiger partial charge in [0.1, 0.15) is 0 Å². The Kier molecular flexibility index (Phi) is 5.48. The summed E-state index contributed by atoms with van der Waals surface area (Å²) in [6.45, 7) is 3.40. The van der Waals surface area contributed by atoms with Crippen LogP contribution in [0.3, 0.4) is 0 Å². The van der Waals surface area contributed by atoms with Crippen molar-refractivity contribution in [2.24, 2.45) is 0 Å². The quantitative estimate of drug-likeness (QED) is 0.879. The number of carbonyl (C=O) groups excluding carboxylic acids is 1. The molecule has 4 nitrogen and oxygen atoms in total. The van der Waals surface area contributed by atoms with E-state index in [2.05, 4.69) is 10.6 Å². The summed E-state index contributed by atoms with van der Waals surface area (Å²) in [5, 5.41) is 5.77. The minimum Gasteiger partial charge on any atom is -0.376 e. The molecule has 0 aromatic carbocycles. The summed E-state index contributed by atoms with van der Waals surface area (Å²) in [7, 11) is 0. The first-order valence-corrected chi connectivity index (χ1v) is 7.75. The van der Waals surface area contributed by atoms with Crippen molar-refractivity contribution < 1.29 is 9.53 Å². The van der Waals surface area contributed by atoms with Gasteiger partial charge in [0.05, 0.1) is 16.5 Å². The van der Waals surface area contributed by atoms with Crippen LogP contribution < -0.4 is 10.6 Å². The molecule has 1 fully saturated rings. The third-order valence-corrected chi connectivity index (χ3v) is 4.46. The van der Waals surface area contributed by atoms with E-state index in [-0.39, 0.29) is 18.2 Å². The van der Waals surface area contributed by atoms with E-state index in [0.29, 0.717) is 6.54 Å². The highest BCUT2D eigenvalue weighted by Gasteiger charge is 2.23. The molecule has 1 aliphatic heterocycles. The number of nitrogens with one attached hydrogen (secondary N) is 2. The number of hydrogen-bond donors (Lipinski definition) is 2. The second kappa shape index (κ2) is 7.12. The molecule has 2 atom stereocenters. The molecule has 6 heteroatoms. The van der Waals surface area contributed by atoms with Crippen molar-refractivity contribution in [2.75, 3.05) is 13.2 Å². The zero-order valence-corrected chi connectivity index (χ0v) is 12.5. The lowest BCUT2D eigenvalue weighted by Crippen LogP contribution is -2.46. The molecule has 2 amide bonds. The molecule has 1 aromatic rings. The number of hydrogen-bond acceptors (Lipinski definition) is 3. The van der Waals surface area contributed by atoms with Gasteiger partial charge in [0.25, 0.3) is 0 Å². The molecule has 0 radical (unpaired) electrons. The summed E-state index contributed by atoms with van der Waals surface area (Å²) >= 11 is 7.40. The van der Waals surface area contributed by atoms with E-state index < -0.39 is 0 Å². The van der Waals surface area contributed by atoms with Crippen LogP contribution >= 0.6 is 22.9 Å². The van der Waals surface area contributed by atoms with Crippen LogP contribution in [0, 0.1) is 0 Å². The van der Waals surface area contributed by atoms with Crippen molar-refractivity contribution in [1.29, 1.82) is 0 Å². The molecule has 2 rings (SSSR count). The number of urea groups is 1. The molecule has 0 saturated carbocycles. The summed E-state index contributed by atoms with van der Waals surface area (Å²) in [6.07, 6.45) is 3.06. The normalized spacial score (nSPS) is 20.2. The van der Waals surface area contributed by atoms with Gasteiger partial charge in [0.2, 0.25) is 0 Å². The maximum absolute atomic E-state index is 11.7. The van der Waals surface area contributed by atoms with Gasteiger partial charge < -0.3 is 15.4 Å². The fourth-order valence-corrected chi connectivity index (χ4v) is 3.22. The Bertz CT molecular complexity index is 419. The molecule has 1 aromatic heterocycles. The molecule has 106 valence electrons. The van der Waals surface area contributed by atoms with Crippen LogP contribution in [0.1, 0.15) is 24.6 Å². The standard InChI is InChI=1S/C13H19ClN2O2S/c1-9(11-3-2-8-18-11)16-13(17)15-7-6-10-4-5-12(14)19-10/h4-5,9,11H,2-3,6-8H2,1H3,(H2,15,16,17)/t9-,11-/m0/s1. The molecule has 2 N–H and O–H groups in total. The van der Waals surface area contributed by atoms with Crippen molar-refractivity contribution >= 4 is 29.0 Å².